The topological polar surface area (TPSA) is 0 Å². The molecule has 4 aliphatic carbocycles. The van der Waals surface area contributed by atoms with E-state index < -0.39 is 0 Å². The number of hydrogen-bond acceptors (Lipinski definition) is 0. The highest BCUT2D eigenvalue weighted by Gasteiger charge is 2.32. The molecule has 8 rings (SSSR count). The van der Waals surface area contributed by atoms with Gasteiger partial charge in [0.2, 0.25) is 0 Å². The van der Waals surface area contributed by atoms with Gasteiger partial charge in [0.1, 0.15) is 0 Å². The van der Waals surface area contributed by atoms with Gasteiger partial charge in [-0.3, -0.25) is 0 Å². The highest BCUT2D eigenvalue weighted by atomic mass is 14.4. The summed E-state index contributed by atoms with van der Waals surface area (Å²) in [4.78, 5) is 0. The summed E-state index contributed by atoms with van der Waals surface area (Å²) in [6, 6.07) is 19.0. The van der Waals surface area contributed by atoms with Gasteiger partial charge in [0.05, 0.1) is 0 Å². The zero-order chi connectivity index (χ0) is 19.4. The molecule has 0 unspecified atom stereocenters. The molecule has 0 N–H and O–H groups in total. The number of benzene rings is 4. The molecular formula is C30H20. The van der Waals surface area contributed by atoms with Crippen molar-refractivity contribution in [1.29, 1.82) is 0 Å². The fourth-order valence-corrected chi connectivity index (χ4v) is 6.46. The molecule has 0 amide bonds. The molecule has 0 bridgehead atoms. The maximum absolute atomic E-state index is 2.40. The molecule has 0 aliphatic heterocycles. The molecule has 0 heteroatoms. The first kappa shape index (κ1) is 15.5. The molecule has 0 aromatic heterocycles. The van der Waals surface area contributed by atoms with Crippen molar-refractivity contribution in [3.63, 3.8) is 0 Å². The first-order chi connectivity index (χ1) is 14.9. The maximum atomic E-state index is 2.40. The fraction of sp³-hybridized carbons (Fsp3) is 0.133. The Morgan fingerprint density at radius 3 is 1.43 bits per heavy atom. The van der Waals surface area contributed by atoms with Crippen LogP contribution in [-0.2, 0) is 25.7 Å². The van der Waals surface area contributed by atoms with Gasteiger partial charge < -0.3 is 0 Å². The van der Waals surface area contributed by atoms with Crippen LogP contribution in [0.15, 0.2) is 60.7 Å². The lowest BCUT2D eigenvalue weighted by atomic mass is 9.89. The van der Waals surface area contributed by atoms with E-state index in [2.05, 4.69) is 72.8 Å². The first-order valence-corrected chi connectivity index (χ1v) is 11.1. The number of fused-ring (bicyclic) bond motifs is 12. The minimum atomic E-state index is 1.08. The predicted molar refractivity (Wildman–Crippen MR) is 128 cm³/mol. The third kappa shape index (κ3) is 1.75. The van der Waals surface area contributed by atoms with Crippen molar-refractivity contribution >= 4 is 44.8 Å². The normalized spacial score (nSPS) is 17.1. The minimum absolute atomic E-state index is 1.08. The van der Waals surface area contributed by atoms with Crippen LogP contribution in [0.1, 0.15) is 44.5 Å². The van der Waals surface area contributed by atoms with Crippen molar-refractivity contribution < 1.29 is 0 Å². The third-order valence-electron chi connectivity index (χ3n) is 7.85. The Hall–Kier alpha value is -3.38. The smallest absolute Gasteiger partial charge is 0.000443 e. The summed E-state index contributed by atoms with van der Waals surface area (Å²) in [6.45, 7) is 0. The maximum Gasteiger partial charge on any atom is -0.000443 e. The predicted octanol–water partition coefficient (Wildman–Crippen LogP) is 7.15. The summed E-state index contributed by atoms with van der Waals surface area (Å²) in [6.07, 6.45) is 13.5. The van der Waals surface area contributed by atoms with E-state index in [0.29, 0.717) is 0 Å². The average molecular weight is 380 g/mol. The quantitative estimate of drug-likeness (QED) is 0.304. The first-order valence-electron chi connectivity index (χ1n) is 11.1. The van der Waals surface area contributed by atoms with E-state index in [-0.39, 0.29) is 0 Å². The molecule has 0 spiro atoms. The second-order valence-electron chi connectivity index (χ2n) is 9.17. The van der Waals surface area contributed by atoms with Gasteiger partial charge in [-0.25, -0.2) is 0 Å². The summed E-state index contributed by atoms with van der Waals surface area (Å²) in [5.74, 6) is 0. The molecule has 0 fully saturated rings. The molecule has 4 aromatic carbocycles. The van der Waals surface area contributed by atoms with Gasteiger partial charge in [-0.2, -0.15) is 0 Å². The minimum Gasteiger partial charge on any atom is -0.0795 e. The van der Waals surface area contributed by atoms with Crippen LogP contribution in [0.2, 0.25) is 0 Å². The molecule has 0 radical (unpaired) electrons. The molecule has 4 aliphatic rings. The van der Waals surface area contributed by atoms with E-state index >= 15 is 0 Å². The molecule has 0 atom stereocenters. The van der Waals surface area contributed by atoms with Crippen molar-refractivity contribution in [3.8, 4) is 0 Å². The second-order valence-corrected chi connectivity index (χ2v) is 9.17. The highest BCUT2D eigenvalue weighted by Crippen LogP contribution is 2.50. The van der Waals surface area contributed by atoms with Crippen molar-refractivity contribution in [2.75, 3.05) is 0 Å². The Morgan fingerprint density at radius 2 is 0.933 bits per heavy atom. The van der Waals surface area contributed by atoms with Gasteiger partial charge in [0.25, 0.3) is 0 Å². The van der Waals surface area contributed by atoms with Crippen LogP contribution in [0.5, 0.6) is 0 Å². The van der Waals surface area contributed by atoms with Crippen molar-refractivity contribution in [1.82, 2.24) is 0 Å². The zero-order valence-corrected chi connectivity index (χ0v) is 16.8. The highest BCUT2D eigenvalue weighted by molar-refractivity contribution is 6.11. The van der Waals surface area contributed by atoms with E-state index in [1.807, 2.05) is 0 Å². The lowest BCUT2D eigenvalue weighted by molar-refractivity contribution is 1.28. The van der Waals surface area contributed by atoms with Crippen molar-refractivity contribution in [2.45, 2.75) is 25.7 Å². The molecule has 0 heterocycles. The van der Waals surface area contributed by atoms with E-state index in [4.69, 9.17) is 0 Å². The van der Waals surface area contributed by atoms with Gasteiger partial charge in [-0.1, -0.05) is 72.8 Å². The van der Waals surface area contributed by atoms with Crippen LogP contribution in [0.4, 0.5) is 0 Å². The van der Waals surface area contributed by atoms with Gasteiger partial charge in [-0.15, -0.1) is 0 Å². The molecule has 0 nitrogen and oxygen atoms in total. The molecule has 140 valence electrons. The third-order valence-corrected chi connectivity index (χ3v) is 7.85. The van der Waals surface area contributed by atoms with Gasteiger partial charge in [-0.05, 0) is 103 Å². The lowest BCUT2D eigenvalue weighted by Gasteiger charge is -2.14. The number of rotatable bonds is 0. The molecular weight excluding hydrogens is 360 g/mol. The molecule has 30 heavy (non-hydrogen) atoms. The Morgan fingerprint density at radius 1 is 0.467 bits per heavy atom. The zero-order valence-electron chi connectivity index (χ0n) is 16.8. The fourth-order valence-electron chi connectivity index (χ4n) is 6.46. The average Bonchev–Trinajstić information content (AvgIpc) is 3.54. The van der Waals surface area contributed by atoms with Crippen molar-refractivity contribution in [3.05, 3.63) is 105 Å². The summed E-state index contributed by atoms with van der Waals surface area (Å²) < 4.78 is 0. The van der Waals surface area contributed by atoms with Crippen LogP contribution in [0, 0.1) is 0 Å². The van der Waals surface area contributed by atoms with Crippen LogP contribution in [0.3, 0.4) is 0 Å². The SMILES string of the molecule is C1=Cc2c(ccc3c4c(ccc23)C2=C(C4)c3ccc4c5c(ccc4c3C2)CC=C5)C1. The monoisotopic (exact) mass is 380 g/mol. The second kappa shape index (κ2) is 5.21. The van der Waals surface area contributed by atoms with Gasteiger partial charge >= 0.3 is 0 Å². The summed E-state index contributed by atoms with van der Waals surface area (Å²) in [7, 11) is 0. The van der Waals surface area contributed by atoms with Gasteiger partial charge in [0.15, 0.2) is 0 Å². The molecule has 0 saturated heterocycles. The molecule has 4 aromatic rings. The van der Waals surface area contributed by atoms with E-state index in [9.17, 15) is 0 Å². The largest absolute Gasteiger partial charge is 0.0795 e. The lowest BCUT2D eigenvalue weighted by Crippen LogP contribution is -1.96. The molecule has 0 saturated carbocycles. The summed E-state index contributed by atoms with van der Waals surface area (Å²) in [5.41, 5.74) is 15.0. The Bertz CT molecular complexity index is 1450. The van der Waals surface area contributed by atoms with Crippen LogP contribution < -0.4 is 0 Å². The van der Waals surface area contributed by atoms with Gasteiger partial charge in [0, 0.05) is 0 Å². The van der Waals surface area contributed by atoms with Crippen molar-refractivity contribution in [2.24, 2.45) is 0 Å². The Labute approximate surface area is 175 Å². The number of allylic oxidation sites excluding steroid dienone is 4. The van der Waals surface area contributed by atoms with E-state index in [0.717, 1.165) is 25.7 Å². The number of hydrogen-bond donors (Lipinski definition) is 0. The Kier molecular flexibility index (Phi) is 2.68. The standard InChI is InChI=1S/C30H20/c1-3-17-7-9-23-21(19(17)5-1)11-13-25-27(23)15-29-26-14-12-22-20-6-2-4-18(20)8-10-24(22)28(26)16-30(25)29/h1-2,5-14H,3-4,15-16H2. The summed E-state index contributed by atoms with van der Waals surface area (Å²) >= 11 is 0. The van der Waals surface area contributed by atoms with Crippen LogP contribution >= 0.6 is 0 Å². The van der Waals surface area contributed by atoms with E-state index in [1.165, 1.54) is 54.9 Å². The van der Waals surface area contributed by atoms with Crippen LogP contribution in [0.25, 0.3) is 44.8 Å². The van der Waals surface area contributed by atoms with E-state index in [1.54, 1.807) is 22.3 Å². The summed E-state index contributed by atoms with van der Waals surface area (Å²) in [5, 5.41) is 5.78. The Balaban J connectivity index is 1.32. The van der Waals surface area contributed by atoms with Crippen LogP contribution in [-0.4, -0.2) is 0 Å².